The number of rotatable bonds is 2. The molecule has 1 aromatic heterocycles. The Hall–Kier alpha value is -1.73. The Morgan fingerprint density at radius 1 is 1.05 bits per heavy atom. The van der Waals surface area contributed by atoms with Crippen LogP contribution < -0.4 is 0 Å². The average molecular weight is 269 g/mol. The quantitative estimate of drug-likeness (QED) is 0.631. The van der Waals surface area contributed by atoms with Gasteiger partial charge >= 0.3 is 0 Å². The van der Waals surface area contributed by atoms with Gasteiger partial charge < -0.3 is 4.57 Å². The molecule has 0 fully saturated rings. The number of benzene rings is 2. The number of aryl methyl sites for hydroxylation is 2. The maximum absolute atomic E-state index is 5.92. The van der Waals surface area contributed by atoms with Gasteiger partial charge in [-0.3, -0.25) is 0 Å². The van der Waals surface area contributed by atoms with Gasteiger partial charge in [0.05, 0.1) is 0 Å². The minimum absolute atomic E-state index is 0.778. The van der Waals surface area contributed by atoms with Crippen molar-refractivity contribution in [1.29, 1.82) is 0 Å². The first kappa shape index (κ1) is 12.3. The smallest absolute Gasteiger partial charge is 0.0492 e. The highest BCUT2D eigenvalue weighted by Gasteiger charge is 2.06. The Kier molecular flexibility index (Phi) is 3.08. The number of hydrogen-bond donors (Lipinski definition) is 0. The summed E-state index contributed by atoms with van der Waals surface area (Å²) in [5.74, 6) is 0. The second kappa shape index (κ2) is 4.75. The van der Waals surface area contributed by atoms with E-state index in [9.17, 15) is 0 Å². The van der Waals surface area contributed by atoms with Crippen molar-refractivity contribution >= 4 is 22.5 Å². The molecule has 0 N–H and O–H groups in total. The van der Waals surface area contributed by atoms with E-state index in [0.717, 1.165) is 17.3 Å². The van der Waals surface area contributed by atoms with E-state index in [1.807, 2.05) is 12.1 Å². The van der Waals surface area contributed by atoms with Crippen LogP contribution in [-0.4, -0.2) is 4.57 Å². The van der Waals surface area contributed by atoms with E-state index < -0.39 is 0 Å². The van der Waals surface area contributed by atoms with Crippen LogP contribution in [0, 0.1) is 19.9 Å². The molecule has 19 heavy (non-hydrogen) atoms. The number of fused-ring (bicyclic) bond motifs is 1. The van der Waals surface area contributed by atoms with Crippen LogP contribution in [0.3, 0.4) is 0 Å². The molecule has 0 bridgehead atoms. The van der Waals surface area contributed by atoms with Crippen molar-refractivity contribution < 1.29 is 0 Å². The second-order valence-electron chi connectivity index (χ2n) is 4.94. The van der Waals surface area contributed by atoms with Gasteiger partial charge in [0.15, 0.2) is 0 Å². The number of aromatic nitrogens is 1. The summed E-state index contributed by atoms with van der Waals surface area (Å²) in [4.78, 5) is 0. The third kappa shape index (κ3) is 2.39. The third-order valence-corrected chi connectivity index (χ3v) is 3.67. The summed E-state index contributed by atoms with van der Waals surface area (Å²) >= 11 is 5.92. The van der Waals surface area contributed by atoms with Gasteiger partial charge in [0, 0.05) is 34.2 Å². The lowest BCUT2D eigenvalue weighted by atomic mass is 10.2. The molecule has 0 saturated heterocycles. The molecule has 1 nitrogen and oxygen atoms in total. The van der Waals surface area contributed by atoms with Crippen molar-refractivity contribution in [3.63, 3.8) is 0 Å². The van der Waals surface area contributed by atoms with E-state index in [2.05, 4.69) is 54.8 Å². The molecule has 1 radical (unpaired) electrons. The first-order valence-electron chi connectivity index (χ1n) is 6.37. The molecule has 0 atom stereocenters. The molecular formula is C17H15ClN. The molecule has 0 aliphatic heterocycles. The zero-order valence-electron chi connectivity index (χ0n) is 11.1. The minimum Gasteiger partial charge on any atom is -0.340 e. The van der Waals surface area contributed by atoms with Gasteiger partial charge in [0.1, 0.15) is 0 Å². The standard InChI is InChI=1S/C17H15ClN/c1-12-3-8-17-15(9-12)10-13(2)19(17)11-14-4-6-16(18)7-5-14/h3-9H,11H2,1-2H3. The van der Waals surface area contributed by atoms with Gasteiger partial charge in [-0.15, -0.1) is 0 Å². The van der Waals surface area contributed by atoms with E-state index in [0.29, 0.717) is 0 Å². The van der Waals surface area contributed by atoms with Gasteiger partial charge in [-0.1, -0.05) is 35.4 Å². The molecule has 0 saturated carbocycles. The Bertz CT molecular complexity index is 723. The summed E-state index contributed by atoms with van der Waals surface area (Å²) in [6, 6.07) is 18.0. The van der Waals surface area contributed by atoms with Crippen LogP contribution in [-0.2, 0) is 6.54 Å². The lowest BCUT2D eigenvalue weighted by Crippen LogP contribution is -2.01. The highest BCUT2D eigenvalue weighted by molar-refractivity contribution is 6.30. The van der Waals surface area contributed by atoms with Crippen LogP contribution in [0.15, 0.2) is 42.5 Å². The van der Waals surface area contributed by atoms with E-state index >= 15 is 0 Å². The number of hydrogen-bond acceptors (Lipinski definition) is 0. The van der Waals surface area contributed by atoms with E-state index in [-0.39, 0.29) is 0 Å². The highest BCUT2D eigenvalue weighted by Crippen LogP contribution is 2.22. The topological polar surface area (TPSA) is 4.93 Å². The molecule has 95 valence electrons. The number of nitrogens with zero attached hydrogens (tertiary/aromatic N) is 1. The fraction of sp³-hybridized carbons (Fsp3) is 0.176. The van der Waals surface area contributed by atoms with Gasteiger partial charge in [0.25, 0.3) is 0 Å². The SMILES string of the molecule is Cc1ccc2c([c]c(C)n2Cc2ccc(Cl)cc2)c1. The van der Waals surface area contributed by atoms with Gasteiger partial charge in [-0.2, -0.15) is 0 Å². The predicted molar refractivity (Wildman–Crippen MR) is 80.8 cm³/mol. The summed E-state index contributed by atoms with van der Waals surface area (Å²) in [5.41, 5.74) is 4.92. The van der Waals surface area contributed by atoms with Crippen LogP contribution in [0.1, 0.15) is 16.8 Å². The molecule has 3 rings (SSSR count). The molecular weight excluding hydrogens is 254 g/mol. The van der Waals surface area contributed by atoms with Crippen molar-refractivity contribution in [2.45, 2.75) is 20.4 Å². The molecule has 0 amide bonds. The second-order valence-corrected chi connectivity index (χ2v) is 5.38. The largest absolute Gasteiger partial charge is 0.340 e. The summed E-state index contributed by atoms with van der Waals surface area (Å²) in [7, 11) is 0. The molecule has 2 aromatic carbocycles. The summed E-state index contributed by atoms with van der Waals surface area (Å²) in [5, 5.41) is 1.96. The van der Waals surface area contributed by atoms with E-state index in [1.165, 1.54) is 22.0 Å². The molecule has 3 aromatic rings. The molecule has 0 aliphatic carbocycles. The maximum Gasteiger partial charge on any atom is 0.0492 e. The monoisotopic (exact) mass is 268 g/mol. The number of halogens is 1. The molecule has 0 spiro atoms. The van der Waals surface area contributed by atoms with Crippen molar-refractivity contribution in [2.24, 2.45) is 0 Å². The van der Waals surface area contributed by atoms with E-state index in [4.69, 9.17) is 11.6 Å². The Morgan fingerprint density at radius 3 is 2.53 bits per heavy atom. The first-order valence-corrected chi connectivity index (χ1v) is 6.74. The summed E-state index contributed by atoms with van der Waals surface area (Å²) in [6.07, 6.45) is 0. The zero-order chi connectivity index (χ0) is 13.4. The lowest BCUT2D eigenvalue weighted by molar-refractivity contribution is 0.804. The van der Waals surface area contributed by atoms with Crippen LogP contribution in [0.5, 0.6) is 0 Å². The fourth-order valence-electron chi connectivity index (χ4n) is 2.40. The lowest BCUT2D eigenvalue weighted by Gasteiger charge is -2.08. The Balaban J connectivity index is 2.05. The van der Waals surface area contributed by atoms with E-state index in [1.54, 1.807) is 0 Å². The van der Waals surface area contributed by atoms with Gasteiger partial charge in [0.2, 0.25) is 0 Å². The summed E-state index contributed by atoms with van der Waals surface area (Å²) in [6.45, 7) is 5.07. The third-order valence-electron chi connectivity index (χ3n) is 3.42. The average Bonchev–Trinajstić information content (AvgIpc) is 2.68. The molecule has 2 heteroatoms. The van der Waals surface area contributed by atoms with Crippen molar-refractivity contribution in [2.75, 3.05) is 0 Å². The zero-order valence-corrected chi connectivity index (χ0v) is 11.8. The molecule has 0 aliphatic rings. The Labute approximate surface area is 118 Å². The maximum atomic E-state index is 5.92. The Morgan fingerprint density at radius 2 is 1.79 bits per heavy atom. The van der Waals surface area contributed by atoms with Gasteiger partial charge in [-0.25, -0.2) is 0 Å². The van der Waals surface area contributed by atoms with Crippen molar-refractivity contribution in [3.8, 4) is 0 Å². The minimum atomic E-state index is 0.778. The first-order chi connectivity index (χ1) is 9.13. The van der Waals surface area contributed by atoms with Crippen LogP contribution in [0.4, 0.5) is 0 Å². The highest BCUT2D eigenvalue weighted by atomic mass is 35.5. The fourth-order valence-corrected chi connectivity index (χ4v) is 2.53. The summed E-state index contributed by atoms with van der Waals surface area (Å²) < 4.78 is 2.29. The van der Waals surface area contributed by atoms with Gasteiger partial charge in [-0.05, 0) is 43.7 Å². The van der Waals surface area contributed by atoms with Crippen LogP contribution in [0.25, 0.3) is 10.9 Å². The van der Waals surface area contributed by atoms with Crippen molar-refractivity contribution in [3.05, 3.63) is 70.4 Å². The predicted octanol–water partition coefficient (Wildman–Crippen LogP) is 4.76. The normalized spacial score (nSPS) is 11.1. The molecule has 1 heterocycles. The molecule has 0 unspecified atom stereocenters. The van der Waals surface area contributed by atoms with Crippen LogP contribution >= 0.6 is 11.6 Å². The van der Waals surface area contributed by atoms with Crippen molar-refractivity contribution in [1.82, 2.24) is 4.57 Å². The van der Waals surface area contributed by atoms with Crippen LogP contribution in [0.2, 0.25) is 5.02 Å².